The molecule has 1 aliphatic rings. The molecule has 1 N–H and O–H groups in total. The second kappa shape index (κ2) is 6.78. The summed E-state index contributed by atoms with van der Waals surface area (Å²) in [5.74, 6) is 0.447. The van der Waals surface area contributed by atoms with Crippen LogP contribution in [0, 0.1) is 0 Å². The van der Waals surface area contributed by atoms with Crippen molar-refractivity contribution >= 4 is 27.1 Å². The highest BCUT2D eigenvalue weighted by molar-refractivity contribution is 7.91. The van der Waals surface area contributed by atoms with Crippen molar-refractivity contribution in [2.45, 2.75) is 19.9 Å². The molecule has 112 valence electrons. The van der Waals surface area contributed by atoms with Crippen LogP contribution in [0.3, 0.4) is 0 Å². The standard InChI is InChI=1S/C14H21ClN2O2S/c1-2-5-16-11-12-3-4-13(15)10-14(12)17-6-8-20(18,19)9-7-17/h3-4,10,16H,2,5-9,11H2,1H3. The van der Waals surface area contributed by atoms with Gasteiger partial charge in [0.25, 0.3) is 0 Å². The average Bonchev–Trinajstić information content (AvgIpc) is 2.41. The minimum absolute atomic E-state index is 0.224. The number of sulfone groups is 1. The first-order valence-electron chi connectivity index (χ1n) is 6.96. The van der Waals surface area contributed by atoms with Crippen molar-refractivity contribution in [2.75, 3.05) is 36.0 Å². The molecule has 0 unspecified atom stereocenters. The van der Waals surface area contributed by atoms with Gasteiger partial charge in [0.2, 0.25) is 0 Å². The number of benzene rings is 1. The number of nitrogens with one attached hydrogen (secondary N) is 1. The third-order valence-electron chi connectivity index (χ3n) is 3.47. The lowest BCUT2D eigenvalue weighted by Crippen LogP contribution is -2.40. The van der Waals surface area contributed by atoms with E-state index in [2.05, 4.69) is 17.1 Å². The number of hydrogen-bond acceptors (Lipinski definition) is 4. The van der Waals surface area contributed by atoms with Crippen molar-refractivity contribution in [1.29, 1.82) is 0 Å². The minimum atomic E-state index is -2.86. The Kier molecular flexibility index (Phi) is 5.29. The molecule has 0 bridgehead atoms. The zero-order valence-corrected chi connectivity index (χ0v) is 13.3. The molecule has 0 radical (unpaired) electrons. The summed E-state index contributed by atoms with van der Waals surface area (Å²) in [6.45, 7) is 4.97. The Balaban J connectivity index is 2.14. The molecule has 0 amide bonds. The predicted octanol–water partition coefficient (Wildman–Crippen LogP) is 2.07. The Morgan fingerprint density at radius 2 is 2.00 bits per heavy atom. The Morgan fingerprint density at radius 1 is 1.30 bits per heavy atom. The summed E-state index contributed by atoms with van der Waals surface area (Å²) in [6.07, 6.45) is 1.09. The molecule has 1 heterocycles. The van der Waals surface area contributed by atoms with Gasteiger partial charge >= 0.3 is 0 Å². The van der Waals surface area contributed by atoms with E-state index in [0.717, 1.165) is 25.2 Å². The van der Waals surface area contributed by atoms with Gasteiger partial charge in [-0.25, -0.2) is 8.42 Å². The number of rotatable bonds is 5. The number of anilines is 1. The van der Waals surface area contributed by atoms with Crippen LogP contribution in [0.1, 0.15) is 18.9 Å². The fourth-order valence-electron chi connectivity index (χ4n) is 2.33. The molecule has 4 nitrogen and oxygen atoms in total. The lowest BCUT2D eigenvalue weighted by Gasteiger charge is -2.30. The molecule has 1 saturated heterocycles. The lowest BCUT2D eigenvalue weighted by molar-refractivity contribution is 0.586. The molecule has 1 fully saturated rings. The maximum Gasteiger partial charge on any atom is 0.153 e. The molecule has 0 spiro atoms. The summed E-state index contributed by atoms with van der Waals surface area (Å²) in [5, 5.41) is 4.07. The highest BCUT2D eigenvalue weighted by Gasteiger charge is 2.23. The summed E-state index contributed by atoms with van der Waals surface area (Å²) in [4.78, 5) is 2.12. The minimum Gasteiger partial charge on any atom is -0.369 e. The van der Waals surface area contributed by atoms with Gasteiger partial charge in [-0.05, 0) is 30.7 Å². The first kappa shape index (κ1) is 15.6. The molecular formula is C14H21ClN2O2S. The van der Waals surface area contributed by atoms with Crippen LogP contribution in [0.25, 0.3) is 0 Å². The highest BCUT2D eigenvalue weighted by atomic mass is 35.5. The van der Waals surface area contributed by atoms with Crippen molar-refractivity contribution < 1.29 is 8.42 Å². The molecule has 2 rings (SSSR count). The van der Waals surface area contributed by atoms with Crippen LogP contribution in [0.15, 0.2) is 18.2 Å². The van der Waals surface area contributed by atoms with Crippen molar-refractivity contribution in [1.82, 2.24) is 5.32 Å². The van der Waals surface area contributed by atoms with Gasteiger partial charge in [-0.15, -0.1) is 0 Å². The predicted molar refractivity (Wildman–Crippen MR) is 84.3 cm³/mol. The molecule has 20 heavy (non-hydrogen) atoms. The summed E-state index contributed by atoms with van der Waals surface area (Å²) in [7, 11) is -2.86. The molecule has 0 saturated carbocycles. The highest BCUT2D eigenvalue weighted by Crippen LogP contribution is 2.26. The van der Waals surface area contributed by atoms with Gasteiger partial charge in [-0.3, -0.25) is 0 Å². The topological polar surface area (TPSA) is 49.4 Å². The Labute approximate surface area is 126 Å². The van der Waals surface area contributed by atoms with E-state index in [1.165, 1.54) is 5.56 Å². The first-order chi connectivity index (χ1) is 9.52. The first-order valence-corrected chi connectivity index (χ1v) is 9.16. The van der Waals surface area contributed by atoms with Crippen LogP contribution in [-0.4, -0.2) is 39.6 Å². The lowest BCUT2D eigenvalue weighted by atomic mass is 10.1. The quantitative estimate of drug-likeness (QED) is 0.845. The summed E-state index contributed by atoms with van der Waals surface area (Å²) in [6, 6.07) is 5.83. The fraction of sp³-hybridized carbons (Fsp3) is 0.571. The van der Waals surface area contributed by atoms with Gasteiger partial charge in [0.1, 0.15) is 0 Å². The van der Waals surface area contributed by atoms with Crippen LogP contribution in [0.4, 0.5) is 5.69 Å². The van der Waals surface area contributed by atoms with E-state index >= 15 is 0 Å². The summed E-state index contributed by atoms with van der Waals surface area (Å²) in [5.41, 5.74) is 2.22. The van der Waals surface area contributed by atoms with Gasteiger partial charge in [-0.2, -0.15) is 0 Å². The molecule has 1 aromatic carbocycles. The van der Waals surface area contributed by atoms with Gasteiger partial charge in [0, 0.05) is 30.3 Å². The number of halogens is 1. The zero-order valence-electron chi connectivity index (χ0n) is 11.7. The number of hydrogen-bond donors (Lipinski definition) is 1. The second-order valence-corrected chi connectivity index (χ2v) is 7.83. The molecule has 0 aromatic heterocycles. The van der Waals surface area contributed by atoms with Gasteiger partial charge < -0.3 is 10.2 Å². The van der Waals surface area contributed by atoms with Crippen molar-refractivity contribution in [2.24, 2.45) is 0 Å². The molecule has 1 aliphatic heterocycles. The van der Waals surface area contributed by atoms with Gasteiger partial charge in [0.05, 0.1) is 11.5 Å². The van der Waals surface area contributed by atoms with Crippen molar-refractivity contribution in [3.05, 3.63) is 28.8 Å². The van der Waals surface area contributed by atoms with Crippen LogP contribution in [0.2, 0.25) is 5.02 Å². The Hall–Kier alpha value is -0.780. The summed E-state index contributed by atoms with van der Waals surface area (Å²) < 4.78 is 23.1. The average molecular weight is 317 g/mol. The molecule has 0 aliphatic carbocycles. The maximum absolute atomic E-state index is 11.5. The Morgan fingerprint density at radius 3 is 2.65 bits per heavy atom. The monoisotopic (exact) mass is 316 g/mol. The SMILES string of the molecule is CCCNCc1ccc(Cl)cc1N1CCS(=O)(=O)CC1. The van der Waals surface area contributed by atoms with Crippen molar-refractivity contribution in [3.8, 4) is 0 Å². The zero-order chi connectivity index (χ0) is 14.6. The number of nitrogens with zero attached hydrogens (tertiary/aromatic N) is 1. The largest absolute Gasteiger partial charge is 0.369 e. The van der Waals surface area contributed by atoms with Crippen LogP contribution >= 0.6 is 11.6 Å². The maximum atomic E-state index is 11.5. The van der Waals surface area contributed by atoms with E-state index in [1.54, 1.807) is 0 Å². The van der Waals surface area contributed by atoms with Gasteiger partial charge in [0.15, 0.2) is 9.84 Å². The summed E-state index contributed by atoms with van der Waals surface area (Å²) >= 11 is 6.09. The van der Waals surface area contributed by atoms with Crippen LogP contribution < -0.4 is 10.2 Å². The fourth-order valence-corrected chi connectivity index (χ4v) is 3.70. The molecule has 6 heteroatoms. The molecule has 0 atom stereocenters. The molecule has 1 aromatic rings. The smallest absolute Gasteiger partial charge is 0.153 e. The van der Waals surface area contributed by atoms with E-state index < -0.39 is 9.84 Å². The third kappa shape index (κ3) is 4.11. The van der Waals surface area contributed by atoms with Crippen LogP contribution in [-0.2, 0) is 16.4 Å². The van der Waals surface area contributed by atoms with E-state index in [-0.39, 0.29) is 11.5 Å². The molecular weight excluding hydrogens is 296 g/mol. The van der Waals surface area contributed by atoms with E-state index in [0.29, 0.717) is 18.1 Å². The van der Waals surface area contributed by atoms with E-state index in [1.807, 2.05) is 18.2 Å². The van der Waals surface area contributed by atoms with E-state index in [4.69, 9.17) is 11.6 Å². The van der Waals surface area contributed by atoms with Crippen molar-refractivity contribution in [3.63, 3.8) is 0 Å². The third-order valence-corrected chi connectivity index (χ3v) is 5.32. The second-order valence-electron chi connectivity index (χ2n) is 5.09. The Bertz CT molecular complexity index is 546. The van der Waals surface area contributed by atoms with E-state index in [9.17, 15) is 8.42 Å². The van der Waals surface area contributed by atoms with Crippen LogP contribution in [0.5, 0.6) is 0 Å². The normalized spacial score (nSPS) is 18.2. The van der Waals surface area contributed by atoms with Gasteiger partial charge in [-0.1, -0.05) is 24.6 Å².